The number of primary amides is 1. The van der Waals surface area contributed by atoms with E-state index in [0.717, 1.165) is 0 Å². The summed E-state index contributed by atoms with van der Waals surface area (Å²) in [5, 5.41) is 0. The molecule has 0 heterocycles. The van der Waals surface area contributed by atoms with E-state index in [1.54, 1.807) is 0 Å². The molecule has 58 valence electrons. The van der Waals surface area contributed by atoms with Crippen LogP contribution in [0.2, 0.25) is 0 Å². The molecule has 0 aromatic carbocycles. The zero-order chi connectivity index (χ0) is 8.57. The normalized spacial score (nSPS) is 10.5. The predicted octanol–water partition coefficient (Wildman–Crippen LogP) is -0.810. The van der Waals surface area contributed by atoms with Crippen molar-refractivity contribution >= 4 is 12.2 Å². The molecular weight excluding hydrogens is 132 g/mol. The fraction of sp³-hybridized carbons (Fsp3) is 0.333. The molecule has 0 unspecified atom stereocenters. The maximum atomic E-state index is 9.95. The Balaban J connectivity index is 0. The minimum absolute atomic E-state index is 0.0660. The van der Waals surface area contributed by atoms with E-state index in [9.17, 15) is 9.59 Å². The van der Waals surface area contributed by atoms with Crippen molar-refractivity contribution in [2.75, 3.05) is 0 Å². The second-order valence-electron chi connectivity index (χ2n) is 1.47. The van der Waals surface area contributed by atoms with Crippen LogP contribution in [0.5, 0.6) is 0 Å². The maximum Gasteiger partial charge on any atom is 0.219 e. The van der Waals surface area contributed by atoms with Gasteiger partial charge in [-0.05, 0) is 0 Å². The fourth-order valence-corrected chi connectivity index (χ4v) is 0.280. The zero-order valence-corrected chi connectivity index (χ0v) is 5.75. The molecule has 10 heavy (non-hydrogen) atoms. The largest absolute Gasteiger partial charge is 0.370 e. The Bertz CT molecular complexity index is 114. The number of aldehydes is 1. The van der Waals surface area contributed by atoms with Crippen molar-refractivity contribution in [1.29, 1.82) is 0 Å². The number of carbonyl (C=O) groups excluding carboxylic acids is 2. The molecule has 0 aliphatic heterocycles. The highest BCUT2D eigenvalue weighted by Crippen LogP contribution is 1.78. The molecule has 1 amide bonds. The van der Waals surface area contributed by atoms with Gasteiger partial charge in [-0.25, -0.2) is 0 Å². The molecule has 0 rings (SSSR count). The summed E-state index contributed by atoms with van der Waals surface area (Å²) in [6.45, 7) is 6.00. The Hall–Kier alpha value is -1.16. The summed E-state index contributed by atoms with van der Waals surface area (Å²) < 4.78 is 0. The van der Waals surface area contributed by atoms with Crippen molar-refractivity contribution in [2.45, 2.75) is 12.5 Å². The zero-order valence-electron chi connectivity index (χ0n) is 5.75. The first kappa shape index (κ1) is 11.6. The first-order valence-corrected chi connectivity index (χ1v) is 2.66. The van der Waals surface area contributed by atoms with Gasteiger partial charge < -0.3 is 16.3 Å². The Labute approximate surface area is 59.9 Å². The highest BCUT2D eigenvalue weighted by Gasteiger charge is 2.02. The summed E-state index contributed by atoms with van der Waals surface area (Å²) in [5.74, 6) is -0.551. The third-order valence-corrected chi connectivity index (χ3v) is 0.612. The van der Waals surface area contributed by atoms with Crippen LogP contribution in [0.4, 0.5) is 0 Å². The second-order valence-corrected chi connectivity index (χ2v) is 1.47. The van der Waals surface area contributed by atoms with Crippen molar-refractivity contribution in [1.82, 2.24) is 0 Å². The average molecular weight is 144 g/mol. The summed E-state index contributed by atoms with van der Waals surface area (Å²) in [4.78, 5) is 19.7. The van der Waals surface area contributed by atoms with Gasteiger partial charge in [0.25, 0.3) is 0 Å². The van der Waals surface area contributed by atoms with Gasteiger partial charge in [0.2, 0.25) is 5.91 Å². The second kappa shape index (κ2) is 7.84. The number of rotatable bonds is 3. The lowest BCUT2D eigenvalue weighted by molar-refractivity contribution is -0.120. The third-order valence-electron chi connectivity index (χ3n) is 0.612. The molecule has 4 heteroatoms. The molecule has 0 spiro atoms. The molecule has 0 saturated carbocycles. The van der Waals surface area contributed by atoms with Gasteiger partial charge in [0.1, 0.15) is 6.29 Å². The van der Waals surface area contributed by atoms with Crippen molar-refractivity contribution in [3.63, 3.8) is 0 Å². The van der Waals surface area contributed by atoms with Crippen LogP contribution in [-0.2, 0) is 9.59 Å². The molecule has 0 aromatic heterocycles. The topological polar surface area (TPSA) is 86.2 Å². The Kier molecular flexibility index (Phi) is 9.11. The van der Waals surface area contributed by atoms with Crippen molar-refractivity contribution in [2.24, 2.45) is 11.5 Å². The lowest BCUT2D eigenvalue weighted by Crippen LogP contribution is -2.28. The molecule has 0 radical (unpaired) electrons. The van der Waals surface area contributed by atoms with E-state index in [1.165, 1.54) is 0 Å². The summed E-state index contributed by atoms with van der Waals surface area (Å²) >= 11 is 0. The van der Waals surface area contributed by atoms with E-state index in [1.807, 2.05) is 0 Å². The molecule has 0 aromatic rings. The Morgan fingerprint density at radius 2 is 2.00 bits per heavy atom. The predicted molar refractivity (Wildman–Crippen MR) is 39.1 cm³/mol. The van der Waals surface area contributed by atoms with Crippen LogP contribution in [0.1, 0.15) is 6.42 Å². The SMILES string of the molecule is C=C.NC(=O)C[C@@H](N)C=O. The number of hydrogen-bond acceptors (Lipinski definition) is 3. The number of carbonyl (C=O) groups is 2. The van der Waals surface area contributed by atoms with Crippen molar-refractivity contribution < 1.29 is 9.59 Å². The molecule has 4 N–H and O–H groups in total. The minimum Gasteiger partial charge on any atom is -0.370 e. The van der Waals surface area contributed by atoms with Gasteiger partial charge in [-0.15, -0.1) is 13.2 Å². The van der Waals surface area contributed by atoms with Gasteiger partial charge in [0.05, 0.1) is 6.04 Å². The van der Waals surface area contributed by atoms with E-state index in [0.29, 0.717) is 6.29 Å². The Morgan fingerprint density at radius 1 is 1.60 bits per heavy atom. The highest BCUT2D eigenvalue weighted by atomic mass is 16.1. The van der Waals surface area contributed by atoms with Gasteiger partial charge in [0, 0.05) is 6.42 Å². The van der Waals surface area contributed by atoms with Crippen LogP contribution in [0, 0.1) is 0 Å². The molecular formula is C6H12N2O2. The standard InChI is InChI=1S/C4H8N2O2.C2H4/c5-3(2-7)1-4(6)8;1-2/h2-3H,1,5H2,(H2,6,8);1-2H2/t3-;/m1./s1. The number of amides is 1. The smallest absolute Gasteiger partial charge is 0.219 e. The number of hydrogen-bond donors (Lipinski definition) is 2. The lowest BCUT2D eigenvalue weighted by Gasteiger charge is -1.95. The molecule has 0 bridgehead atoms. The molecule has 0 aliphatic carbocycles. The molecule has 1 atom stereocenters. The molecule has 0 saturated heterocycles. The van der Waals surface area contributed by atoms with E-state index < -0.39 is 11.9 Å². The van der Waals surface area contributed by atoms with Gasteiger partial charge in [-0.2, -0.15) is 0 Å². The van der Waals surface area contributed by atoms with Crippen molar-refractivity contribution in [3.05, 3.63) is 13.2 Å². The molecule has 0 aliphatic rings. The fourth-order valence-electron chi connectivity index (χ4n) is 0.280. The monoisotopic (exact) mass is 144 g/mol. The van der Waals surface area contributed by atoms with Crippen LogP contribution in [0.15, 0.2) is 13.2 Å². The Morgan fingerprint density at radius 3 is 2.10 bits per heavy atom. The molecule has 4 nitrogen and oxygen atoms in total. The van der Waals surface area contributed by atoms with Crippen molar-refractivity contribution in [3.8, 4) is 0 Å². The summed E-state index contributed by atoms with van der Waals surface area (Å²) in [5.41, 5.74) is 9.70. The summed E-state index contributed by atoms with van der Waals surface area (Å²) in [6.07, 6.45) is 0.425. The van der Waals surface area contributed by atoms with Gasteiger partial charge in [-0.3, -0.25) is 4.79 Å². The van der Waals surface area contributed by atoms with Gasteiger partial charge >= 0.3 is 0 Å². The van der Waals surface area contributed by atoms with E-state index >= 15 is 0 Å². The van der Waals surface area contributed by atoms with Crippen LogP contribution >= 0.6 is 0 Å². The first-order valence-electron chi connectivity index (χ1n) is 2.66. The first-order chi connectivity index (χ1) is 4.66. The summed E-state index contributed by atoms with van der Waals surface area (Å²) in [7, 11) is 0. The van der Waals surface area contributed by atoms with Crippen LogP contribution in [0.3, 0.4) is 0 Å². The number of nitrogens with two attached hydrogens (primary N) is 2. The highest BCUT2D eigenvalue weighted by molar-refractivity contribution is 5.78. The van der Waals surface area contributed by atoms with Crippen LogP contribution < -0.4 is 11.5 Å². The van der Waals surface area contributed by atoms with Gasteiger partial charge in [-0.1, -0.05) is 0 Å². The van der Waals surface area contributed by atoms with Crippen LogP contribution in [0.25, 0.3) is 0 Å². The van der Waals surface area contributed by atoms with Crippen LogP contribution in [-0.4, -0.2) is 18.2 Å². The van der Waals surface area contributed by atoms with Gasteiger partial charge in [0.15, 0.2) is 0 Å². The molecule has 0 fully saturated rings. The van der Waals surface area contributed by atoms with E-state index in [2.05, 4.69) is 13.2 Å². The van der Waals surface area contributed by atoms with E-state index in [4.69, 9.17) is 11.5 Å². The van der Waals surface area contributed by atoms with E-state index in [-0.39, 0.29) is 6.42 Å². The third kappa shape index (κ3) is 9.96. The quantitative estimate of drug-likeness (QED) is 0.401. The summed E-state index contributed by atoms with van der Waals surface area (Å²) in [6, 6.07) is -0.729. The average Bonchev–Trinajstić information content (AvgIpc) is 1.91. The lowest BCUT2D eigenvalue weighted by atomic mass is 10.2. The minimum atomic E-state index is -0.729. The maximum absolute atomic E-state index is 9.95.